The molecule has 1 aliphatic heterocycles. The zero-order valence-electron chi connectivity index (χ0n) is 16.7. The molecule has 0 bridgehead atoms. The van der Waals surface area contributed by atoms with Crippen molar-refractivity contribution in [2.45, 2.75) is 24.5 Å². The largest absolute Gasteiger partial charge is 0.467 e. The van der Waals surface area contributed by atoms with Gasteiger partial charge in [0.1, 0.15) is 12.1 Å². The number of likely N-dealkylation sites (tertiary alicyclic amines) is 1. The number of furan rings is 1. The first-order valence-electron chi connectivity index (χ1n) is 9.97. The van der Waals surface area contributed by atoms with Gasteiger partial charge >= 0.3 is 0 Å². The first-order valence-corrected chi connectivity index (χ1v) is 11.3. The second-order valence-corrected chi connectivity index (χ2v) is 8.58. The summed E-state index contributed by atoms with van der Waals surface area (Å²) < 4.78 is 7.04. The van der Waals surface area contributed by atoms with Crippen molar-refractivity contribution in [2.75, 3.05) is 18.8 Å². The van der Waals surface area contributed by atoms with Crippen molar-refractivity contribution < 1.29 is 14.0 Å². The average Bonchev–Trinajstić information content (AvgIpc) is 3.48. The molecule has 1 saturated heterocycles. The molecule has 1 N–H and O–H groups in total. The molecule has 8 nitrogen and oxygen atoms in total. The number of piperidine rings is 1. The van der Waals surface area contributed by atoms with Crippen molar-refractivity contribution in [3.05, 3.63) is 59.8 Å². The molecule has 0 atom stereocenters. The molecule has 2 aromatic heterocycles. The summed E-state index contributed by atoms with van der Waals surface area (Å²) in [6, 6.07) is 11.0. The van der Waals surface area contributed by atoms with Crippen LogP contribution in [0.25, 0.3) is 5.69 Å². The Hall–Kier alpha value is -2.78. The molecule has 0 radical (unpaired) electrons. The van der Waals surface area contributed by atoms with Gasteiger partial charge in [-0.05, 0) is 43.2 Å². The smallest absolute Gasteiger partial charge is 0.233 e. The Bertz CT molecular complexity index is 1030. The van der Waals surface area contributed by atoms with Crippen LogP contribution < -0.4 is 5.32 Å². The summed E-state index contributed by atoms with van der Waals surface area (Å²) in [4.78, 5) is 26.8. The van der Waals surface area contributed by atoms with Crippen LogP contribution in [0.15, 0.2) is 58.6 Å². The minimum atomic E-state index is -0.0856. The van der Waals surface area contributed by atoms with E-state index < -0.39 is 0 Å². The first-order chi connectivity index (χ1) is 15.1. The minimum Gasteiger partial charge on any atom is -0.467 e. The van der Waals surface area contributed by atoms with E-state index in [1.165, 1.54) is 11.8 Å². The molecule has 3 aromatic rings. The van der Waals surface area contributed by atoms with Crippen molar-refractivity contribution in [3.63, 3.8) is 0 Å². The Morgan fingerprint density at radius 1 is 1.23 bits per heavy atom. The van der Waals surface area contributed by atoms with Gasteiger partial charge in [-0.2, -0.15) is 0 Å². The molecule has 0 spiro atoms. The van der Waals surface area contributed by atoms with Crippen LogP contribution in [0.5, 0.6) is 0 Å². The van der Waals surface area contributed by atoms with Crippen LogP contribution in [-0.2, 0) is 16.1 Å². The predicted molar refractivity (Wildman–Crippen MR) is 117 cm³/mol. The fourth-order valence-corrected chi connectivity index (χ4v) is 4.48. The van der Waals surface area contributed by atoms with Gasteiger partial charge in [0.05, 0.1) is 24.2 Å². The Labute approximate surface area is 189 Å². The van der Waals surface area contributed by atoms with Crippen LogP contribution in [0.4, 0.5) is 0 Å². The number of amides is 2. The van der Waals surface area contributed by atoms with Crippen LogP contribution in [-0.4, -0.2) is 50.3 Å². The number of aromatic nitrogens is 3. The molecule has 1 aromatic carbocycles. The SMILES string of the molecule is O=C(NCc1ccco1)C1CCN(C(=O)CSc2nncn2-c2cccc(Cl)c2)CC1. The van der Waals surface area contributed by atoms with Gasteiger partial charge in [0.25, 0.3) is 0 Å². The van der Waals surface area contributed by atoms with Gasteiger partial charge in [-0.3, -0.25) is 14.2 Å². The van der Waals surface area contributed by atoms with E-state index in [0.29, 0.717) is 42.7 Å². The Morgan fingerprint density at radius 3 is 2.81 bits per heavy atom. The zero-order chi connectivity index (χ0) is 21.6. The standard InChI is InChI=1S/C21H22ClN5O3S/c22-16-3-1-4-17(11-16)27-14-24-25-21(27)31-13-19(28)26-8-6-15(7-9-26)20(29)23-12-18-5-2-10-30-18/h1-5,10-11,14-15H,6-9,12-13H2,(H,23,29). The second-order valence-electron chi connectivity index (χ2n) is 7.20. The normalized spacial score (nSPS) is 14.5. The molecule has 10 heteroatoms. The number of hydrogen-bond acceptors (Lipinski definition) is 6. The number of halogens is 1. The number of benzene rings is 1. The second kappa shape index (κ2) is 10.0. The van der Waals surface area contributed by atoms with Gasteiger partial charge in [0.2, 0.25) is 11.8 Å². The molecule has 31 heavy (non-hydrogen) atoms. The number of thioether (sulfide) groups is 1. The van der Waals surface area contributed by atoms with Crippen LogP contribution in [0, 0.1) is 5.92 Å². The highest BCUT2D eigenvalue weighted by Gasteiger charge is 2.27. The average molecular weight is 460 g/mol. The Balaban J connectivity index is 1.25. The van der Waals surface area contributed by atoms with E-state index in [4.69, 9.17) is 16.0 Å². The summed E-state index contributed by atoms with van der Waals surface area (Å²) >= 11 is 7.40. The van der Waals surface area contributed by atoms with E-state index in [9.17, 15) is 9.59 Å². The van der Waals surface area contributed by atoms with Crippen LogP contribution >= 0.6 is 23.4 Å². The Morgan fingerprint density at radius 2 is 2.06 bits per heavy atom. The molecule has 1 aliphatic rings. The van der Waals surface area contributed by atoms with E-state index in [2.05, 4.69) is 15.5 Å². The third-order valence-corrected chi connectivity index (χ3v) is 6.33. The number of carbonyl (C=O) groups is 2. The van der Waals surface area contributed by atoms with Gasteiger partial charge in [0, 0.05) is 24.0 Å². The molecular formula is C21H22ClN5O3S. The third kappa shape index (κ3) is 5.48. The number of hydrogen-bond donors (Lipinski definition) is 1. The molecule has 1 fully saturated rings. The van der Waals surface area contributed by atoms with Crippen molar-refractivity contribution in [1.29, 1.82) is 0 Å². The summed E-state index contributed by atoms with van der Waals surface area (Å²) in [5.74, 6) is 0.933. The maximum Gasteiger partial charge on any atom is 0.233 e. The molecule has 2 amide bonds. The van der Waals surface area contributed by atoms with Crippen molar-refractivity contribution in [2.24, 2.45) is 5.92 Å². The molecule has 0 saturated carbocycles. The maximum atomic E-state index is 12.7. The monoisotopic (exact) mass is 459 g/mol. The van der Waals surface area contributed by atoms with E-state index >= 15 is 0 Å². The quantitative estimate of drug-likeness (QED) is 0.545. The lowest BCUT2D eigenvalue weighted by atomic mass is 9.96. The number of nitrogens with zero attached hydrogens (tertiary/aromatic N) is 4. The fraction of sp³-hybridized carbons (Fsp3) is 0.333. The number of nitrogens with one attached hydrogen (secondary N) is 1. The summed E-state index contributed by atoms with van der Waals surface area (Å²) in [7, 11) is 0. The van der Waals surface area contributed by atoms with E-state index in [1.807, 2.05) is 29.2 Å². The lowest BCUT2D eigenvalue weighted by Crippen LogP contribution is -2.43. The topological polar surface area (TPSA) is 93.3 Å². The van der Waals surface area contributed by atoms with Crippen molar-refractivity contribution in [1.82, 2.24) is 25.0 Å². The molecule has 0 unspecified atom stereocenters. The van der Waals surface area contributed by atoms with E-state index in [1.54, 1.807) is 29.3 Å². The zero-order valence-corrected chi connectivity index (χ0v) is 18.3. The predicted octanol–water partition coefficient (Wildman–Crippen LogP) is 3.16. The number of rotatable bonds is 7. The highest BCUT2D eigenvalue weighted by atomic mass is 35.5. The van der Waals surface area contributed by atoms with Gasteiger partial charge in [-0.25, -0.2) is 0 Å². The molecular weight excluding hydrogens is 438 g/mol. The summed E-state index contributed by atoms with van der Waals surface area (Å²) in [5.41, 5.74) is 0.842. The molecule has 162 valence electrons. The molecule has 0 aliphatic carbocycles. The number of carbonyl (C=O) groups excluding carboxylic acids is 2. The minimum absolute atomic E-state index is 0.00694. The first kappa shape index (κ1) is 21.5. The third-order valence-electron chi connectivity index (χ3n) is 5.16. The highest BCUT2D eigenvalue weighted by molar-refractivity contribution is 7.99. The molecule has 4 rings (SSSR count). The van der Waals surface area contributed by atoms with Gasteiger partial charge in [-0.15, -0.1) is 10.2 Å². The Kier molecular flexibility index (Phi) is 6.93. The summed E-state index contributed by atoms with van der Waals surface area (Å²) in [5, 5.41) is 12.2. The lowest BCUT2D eigenvalue weighted by Gasteiger charge is -2.31. The van der Waals surface area contributed by atoms with Crippen molar-refractivity contribution in [3.8, 4) is 5.69 Å². The van der Waals surface area contributed by atoms with Gasteiger partial charge in [0.15, 0.2) is 5.16 Å². The van der Waals surface area contributed by atoms with Crippen LogP contribution in [0.2, 0.25) is 5.02 Å². The van der Waals surface area contributed by atoms with Crippen LogP contribution in [0.3, 0.4) is 0 Å². The van der Waals surface area contributed by atoms with E-state index in [-0.39, 0.29) is 23.5 Å². The highest BCUT2D eigenvalue weighted by Crippen LogP contribution is 2.23. The summed E-state index contributed by atoms with van der Waals surface area (Å²) in [6.45, 7) is 1.52. The van der Waals surface area contributed by atoms with E-state index in [0.717, 1.165) is 11.4 Å². The maximum absolute atomic E-state index is 12.7. The lowest BCUT2D eigenvalue weighted by molar-refractivity contribution is -0.133. The van der Waals surface area contributed by atoms with Gasteiger partial charge in [-0.1, -0.05) is 29.4 Å². The molecule has 3 heterocycles. The fourth-order valence-electron chi connectivity index (χ4n) is 3.47. The van der Waals surface area contributed by atoms with Gasteiger partial charge < -0.3 is 14.6 Å². The summed E-state index contributed by atoms with van der Waals surface area (Å²) in [6.07, 6.45) is 4.49. The van der Waals surface area contributed by atoms with Crippen molar-refractivity contribution >= 4 is 35.2 Å². The van der Waals surface area contributed by atoms with Crippen LogP contribution in [0.1, 0.15) is 18.6 Å².